The molecule has 0 aromatic heterocycles. The van der Waals surface area contributed by atoms with Crippen molar-refractivity contribution in [2.24, 2.45) is 0 Å². The highest BCUT2D eigenvalue weighted by molar-refractivity contribution is 6.18. The minimum absolute atomic E-state index is 0.0610. The fourth-order valence-corrected chi connectivity index (χ4v) is 0.670. The van der Waals surface area contributed by atoms with Gasteiger partial charge in [-0.05, 0) is 13.8 Å². The van der Waals surface area contributed by atoms with Crippen LogP contribution in [-0.4, -0.2) is 35.4 Å². The first-order chi connectivity index (χ1) is 6.08. The van der Waals surface area contributed by atoms with Crippen LogP contribution < -0.4 is 0 Å². The van der Waals surface area contributed by atoms with Gasteiger partial charge < -0.3 is 9.47 Å². The summed E-state index contributed by atoms with van der Waals surface area (Å²) >= 11 is 0. The molecule has 0 aromatic rings. The topological polar surface area (TPSA) is 52.6 Å². The number of ether oxygens (including phenoxy) is 2. The van der Waals surface area contributed by atoms with Crippen LogP contribution in [0.5, 0.6) is 0 Å². The summed E-state index contributed by atoms with van der Waals surface area (Å²) in [5.74, 6) is -0.272. The lowest BCUT2D eigenvalue weighted by molar-refractivity contribution is -0.141. The van der Waals surface area contributed by atoms with Gasteiger partial charge >= 0.3 is 11.9 Å². The number of hydrogen-bond acceptors (Lipinski definition) is 4. The maximum absolute atomic E-state index is 10.2. The van der Waals surface area contributed by atoms with Crippen LogP contribution in [0.15, 0.2) is 0 Å². The average molecular weight is 206 g/mol. The highest BCUT2D eigenvalue weighted by Crippen LogP contribution is 1.78. The van der Waals surface area contributed by atoms with Crippen molar-refractivity contribution >= 4 is 22.2 Å². The minimum atomic E-state index is -0.211. The summed E-state index contributed by atoms with van der Waals surface area (Å²) in [6, 6.07) is 0.619. The first kappa shape index (κ1) is 14.7. The van der Waals surface area contributed by atoms with Crippen molar-refractivity contribution in [3.05, 3.63) is 0 Å². The van der Waals surface area contributed by atoms with Gasteiger partial charge in [0.2, 0.25) is 0 Å². The summed E-state index contributed by atoms with van der Waals surface area (Å²) in [7, 11) is 0.913. The largest absolute Gasteiger partial charge is 0.466 e. The summed E-state index contributed by atoms with van der Waals surface area (Å²) in [6.45, 7) is 5.98. The molecule has 13 heavy (non-hydrogen) atoms. The van der Waals surface area contributed by atoms with Gasteiger partial charge in [0.05, 0.1) is 13.2 Å². The molecule has 0 atom stereocenters. The molecule has 0 amide bonds. The molecule has 5 heteroatoms. The van der Waals surface area contributed by atoms with Gasteiger partial charge in [-0.15, -0.1) is 0 Å². The minimum Gasteiger partial charge on any atom is -0.466 e. The molecule has 4 nitrogen and oxygen atoms in total. The molecular formula is C8H18O4Si. The van der Waals surface area contributed by atoms with Crippen LogP contribution in [0.3, 0.4) is 0 Å². The lowest BCUT2D eigenvalue weighted by atomic mass is 10.8. The second-order valence-corrected chi connectivity index (χ2v) is 2.79. The predicted molar refractivity (Wildman–Crippen MR) is 53.7 cm³/mol. The Balaban J connectivity index is 0. The summed E-state index contributed by atoms with van der Waals surface area (Å²) in [4.78, 5) is 20.0. The highest BCUT2D eigenvalue weighted by Gasteiger charge is 1.91. The zero-order valence-electron chi connectivity index (χ0n) is 8.75. The van der Waals surface area contributed by atoms with Crippen LogP contribution in [0.4, 0.5) is 0 Å². The van der Waals surface area contributed by atoms with E-state index in [4.69, 9.17) is 0 Å². The third-order valence-corrected chi connectivity index (χ3v) is 1.52. The van der Waals surface area contributed by atoms with E-state index in [0.29, 0.717) is 19.3 Å². The molecule has 0 rings (SSSR count). The fraction of sp³-hybridized carbons (Fsp3) is 0.750. The van der Waals surface area contributed by atoms with Crippen LogP contribution in [0.1, 0.15) is 20.8 Å². The summed E-state index contributed by atoms with van der Waals surface area (Å²) in [6.07, 6.45) is 0. The van der Waals surface area contributed by atoms with Gasteiger partial charge in [-0.2, -0.15) is 0 Å². The Morgan fingerprint density at radius 2 is 1.62 bits per heavy atom. The summed E-state index contributed by atoms with van der Waals surface area (Å²) in [5.41, 5.74) is 0. The lowest BCUT2D eigenvalue weighted by Gasteiger charge is -1.93. The molecule has 0 fully saturated rings. The second-order valence-electron chi connectivity index (χ2n) is 2.08. The van der Waals surface area contributed by atoms with Crippen molar-refractivity contribution in [3.63, 3.8) is 0 Å². The number of hydrogen-bond donors (Lipinski definition) is 0. The second kappa shape index (κ2) is 11.2. The first-order valence-corrected chi connectivity index (χ1v) is 5.78. The van der Waals surface area contributed by atoms with E-state index in [0.717, 1.165) is 10.2 Å². The van der Waals surface area contributed by atoms with Crippen LogP contribution in [-0.2, 0) is 19.1 Å². The van der Waals surface area contributed by atoms with E-state index in [-0.39, 0.29) is 11.9 Å². The molecule has 0 radical (unpaired) electrons. The van der Waals surface area contributed by atoms with Gasteiger partial charge in [0, 0.05) is 23.2 Å². The normalized spacial score (nSPS) is 8.23. The molecule has 0 bridgehead atoms. The van der Waals surface area contributed by atoms with E-state index >= 15 is 0 Å². The number of carbonyl (C=O) groups excluding carboxylic acids is 2. The van der Waals surface area contributed by atoms with E-state index in [9.17, 15) is 9.59 Å². The maximum atomic E-state index is 10.2. The Kier molecular flexibility index (Phi) is 12.6. The Hall–Kier alpha value is -0.843. The Morgan fingerprint density at radius 1 is 1.15 bits per heavy atom. The molecule has 0 unspecified atom stereocenters. The Labute approximate surface area is 82.0 Å². The zero-order chi connectivity index (χ0) is 10.7. The van der Waals surface area contributed by atoms with Gasteiger partial charge in [0.1, 0.15) is 0 Å². The molecule has 0 aliphatic rings. The van der Waals surface area contributed by atoms with Gasteiger partial charge in [-0.25, -0.2) is 0 Å². The van der Waals surface area contributed by atoms with Crippen molar-refractivity contribution in [2.75, 3.05) is 13.2 Å². The molecule has 0 saturated carbocycles. The SMILES string of the molecule is CCOC(=O)C[SiH3].CCOC(C)=O. The van der Waals surface area contributed by atoms with Crippen LogP contribution in [0.2, 0.25) is 6.04 Å². The molecule has 78 valence electrons. The molecule has 0 N–H and O–H groups in total. The van der Waals surface area contributed by atoms with Crippen molar-refractivity contribution in [3.8, 4) is 0 Å². The fourth-order valence-electron chi connectivity index (χ4n) is 0.466. The van der Waals surface area contributed by atoms with Gasteiger partial charge in [0.15, 0.2) is 0 Å². The van der Waals surface area contributed by atoms with Crippen LogP contribution >= 0.6 is 0 Å². The monoisotopic (exact) mass is 206 g/mol. The van der Waals surface area contributed by atoms with E-state index in [2.05, 4.69) is 9.47 Å². The molecule has 0 spiro atoms. The highest BCUT2D eigenvalue weighted by atomic mass is 28.1. The van der Waals surface area contributed by atoms with Crippen molar-refractivity contribution in [1.29, 1.82) is 0 Å². The summed E-state index contributed by atoms with van der Waals surface area (Å²) in [5, 5.41) is 0. The lowest BCUT2D eigenvalue weighted by Crippen LogP contribution is -2.01. The molecule has 0 aliphatic carbocycles. The third kappa shape index (κ3) is 18.3. The van der Waals surface area contributed by atoms with Gasteiger partial charge in [0.25, 0.3) is 0 Å². The summed E-state index contributed by atoms with van der Waals surface area (Å²) < 4.78 is 8.99. The van der Waals surface area contributed by atoms with E-state index < -0.39 is 0 Å². The van der Waals surface area contributed by atoms with Crippen molar-refractivity contribution in [2.45, 2.75) is 26.8 Å². The standard InChI is InChI=1S/C4H10O2Si.C4H8O2/c1-2-6-4(5)3-7;1-3-6-4(2)5/h2-3H2,1,7H3;3H2,1-2H3. The molecular weight excluding hydrogens is 188 g/mol. The Bertz CT molecular complexity index is 147. The first-order valence-electron chi connectivity index (χ1n) is 4.37. The molecule has 0 heterocycles. The average Bonchev–Trinajstić information content (AvgIpc) is 2.05. The number of carbonyl (C=O) groups is 2. The van der Waals surface area contributed by atoms with Crippen molar-refractivity contribution in [1.82, 2.24) is 0 Å². The smallest absolute Gasteiger partial charge is 0.302 e. The van der Waals surface area contributed by atoms with E-state index in [1.54, 1.807) is 6.92 Å². The zero-order valence-corrected chi connectivity index (χ0v) is 10.8. The Morgan fingerprint density at radius 3 is 1.69 bits per heavy atom. The molecule has 0 aromatic carbocycles. The predicted octanol–water partition coefficient (Wildman–Crippen LogP) is -0.0974. The van der Waals surface area contributed by atoms with Gasteiger partial charge in [-0.3, -0.25) is 9.59 Å². The van der Waals surface area contributed by atoms with Crippen LogP contribution in [0, 0.1) is 0 Å². The van der Waals surface area contributed by atoms with E-state index in [1.165, 1.54) is 6.92 Å². The van der Waals surface area contributed by atoms with Crippen LogP contribution in [0.25, 0.3) is 0 Å². The van der Waals surface area contributed by atoms with Crippen molar-refractivity contribution < 1.29 is 19.1 Å². The third-order valence-electron chi connectivity index (χ3n) is 0.942. The number of esters is 2. The quantitative estimate of drug-likeness (QED) is 0.478. The molecule has 0 saturated heterocycles. The number of rotatable bonds is 3. The maximum Gasteiger partial charge on any atom is 0.302 e. The van der Waals surface area contributed by atoms with E-state index in [1.807, 2.05) is 6.92 Å². The van der Waals surface area contributed by atoms with Gasteiger partial charge in [-0.1, -0.05) is 0 Å². The molecule has 0 aliphatic heterocycles.